The molecule has 2 aliphatic rings. The molecule has 7 heteroatoms. The first-order valence-electron chi connectivity index (χ1n) is 8.28. The monoisotopic (exact) mass is 363 g/mol. The summed E-state index contributed by atoms with van der Waals surface area (Å²) in [6.07, 6.45) is 1.97. The fourth-order valence-electron chi connectivity index (χ4n) is 3.03. The number of thiazole rings is 1. The molecule has 0 radical (unpaired) electrons. The van der Waals surface area contributed by atoms with Crippen molar-refractivity contribution in [3.05, 3.63) is 30.5 Å². The number of nitrogens with zero attached hydrogens (tertiary/aromatic N) is 3. The van der Waals surface area contributed by atoms with Crippen LogP contribution in [0.4, 0.5) is 10.8 Å². The highest BCUT2D eigenvalue weighted by Gasteiger charge is 2.17. The molecule has 0 amide bonds. The van der Waals surface area contributed by atoms with Crippen LogP contribution in [0, 0.1) is 0 Å². The van der Waals surface area contributed by atoms with Gasteiger partial charge in [0.15, 0.2) is 5.13 Å². The topological polar surface area (TPSA) is 45.7 Å². The van der Waals surface area contributed by atoms with E-state index in [0.29, 0.717) is 0 Å². The molecule has 2 fully saturated rings. The van der Waals surface area contributed by atoms with Crippen LogP contribution in [0.1, 0.15) is 0 Å². The molecule has 0 unspecified atom stereocenters. The second-order valence-electron chi connectivity index (χ2n) is 5.99. The van der Waals surface area contributed by atoms with Crippen LogP contribution in [0.25, 0.3) is 10.4 Å². The Morgan fingerprint density at radius 2 is 1.71 bits per heavy atom. The third-order valence-corrected chi connectivity index (χ3v) is 6.85. The summed E-state index contributed by atoms with van der Waals surface area (Å²) in [5.74, 6) is 1.55. The number of ether oxygens (including phenoxy) is 1. The maximum atomic E-state index is 11.5. The Morgan fingerprint density at radius 1 is 1.00 bits per heavy atom. The van der Waals surface area contributed by atoms with Gasteiger partial charge in [0.25, 0.3) is 0 Å². The normalized spacial score (nSPS) is 19.7. The van der Waals surface area contributed by atoms with Crippen molar-refractivity contribution >= 4 is 33.0 Å². The van der Waals surface area contributed by atoms with Gasteiger partial charge in [-0.15, -0.1) is 0 Å². The Morgan fingerprint density at radius 3 is 2.42 bits per heavy atom. The first-order valence-corrected chi connectivity index (χ1v) is 10.6. The highest BCUT2D eigenvalue weighted by atomic mass is 32.2. The van der Waals surface area contributed by atoms with Crippen LogP contribution in [0.15, 0.2) is 30.5 Å². The molecule has 0 atom stereocenters. The molecular formula is C17H21N3O2S2. The minimum atomic E-state index is -0.631. The van der Waals surface area contributed by atoms with Gasteiger partial charge in [-0.3, -0.25) is 4.21 Å². The molecule has 4 rings (SSSR count). The van der Waals surface area contributed by atoms with Crippen molar-refractivity contribution in [3.8, 4) is 10.4 Å². The molecule has 2 aromatic rings. The Kier molecular flexibility index (Phi) is 4.82. The van der Waals surface area contributed by atoms with Gasteiger partial charge in [-0.2, -0.15) is 0 Å². The van der Waals surface area contributed by atoms with Gasteiger partial charge >= 0.3 is 0 Å². The van der Waals surface area contributed by atoms with Crippen molar-refractivity contribution < 1.29 is 8.95 Å². The summed E-state index contributed by atoms with van der Waals surface area (Å²) >= 11 is 1.74. The predicted molar refractivity (Wildman–Crippen MR) is 101 cm³/mol. The van der Waals surface area contributed by atoms with E-state index in [1.807, 2.05) is 6.20 Å². The van der Waals surface area contributed by atoms with Crippen molar-refractivity contribution in [3.63, 3.8) is 0 Å². The van der Waals surface area contributed by atoms with Crippen LogP contribution in [-0.4, -0.2) is 60.1 Å². The lowest BCUT2D eigenvalue weighted by atomic mass is 10.2. The van der Waals surface area contributed by atoms with Gasteiger partial charge in [0.2, 0.25) is 0 Å². The Hall–Kier alpha value is -1.44. The van der Waals surface area contributed by atoms with Crippen LogP contribution in [0.3, 0.4) is 0 Å². The molecule has 0 bridgehead atoms. The maximum Gasteiger partial charge on any atom is 0.186 e. The lowest BCUT2D eigenvalue weighted by molar-refractivity contribution is 0.122. The summed E-state index contributed by atoms with van der Waals surface area (Å²) in [6.45, 7) is 5.17. The van der Waals surface area contributed by atoms with Crippen molar-refractivity contribution in [2.24, 2.45) is 0 Å². The van der Waals surface area contributed by atoms with Crippen LogP contribution in [0.2, 0.25) is 0 Å². The molecule has 1 aromatic heterocycles. The molecule has 0 N–H and O–H groups in total. The van der Waals surface area contributed by atoms with E-state index < -0.39 is 10.8 Å². The van der Waals surface area contributed by atoms with Crippen LogP contribution >= 0.6 is 11.3 Å². The van der Waals surface area contributed by atoms with Gasteiger partial charge in [-0.25, -0.2) is 4.98 Å². The van der Waals surface area contributed by atoms with Crippen molar-refractivity contribution in [2.45, 2.75) is 0 Å². The molecule has 24 heavy (non-hydrogen) atoms. The van der Waals surface area contributed by atoms with Gasteiger partial charge in [-0.1, -0.05) is 23.5 Å². The second-order valence-corrected chi connectivity index (χ2v) is 8.69. The van der Waals surface area contributed by atoms with Crippen molar-refractivity contribution in [2.75, 3.05) is 60.7 Å². The average molecular weight is 364 g/mol. The van der Waals surface area contributed by atoms with Crippen LogP contribution < -0.4 is 9.80 Å². The van der Waals surface area contributed by atoms with E-state index in [1.165, 1.54) is 16.1 Å². The van der Waals surface area contributed by atoms with E-state index in [-0.39, 0.29) is 0 Å². The maximum absolute atomic E-state index is 11.5. The molecular weight excluding hydrogens is 342 g/mol. The molecule has 0 spiro atoms. The fourth-order valence-corrected chi connectivity index (χ4v) is 5.06. The van der Waals surface area contributed by atoms with E-state index >= 15 is 0 Å². The summed E-state index contributed by atoms with van der Waals surface area (Å²) < 4.78 is 16.9. The van der Waals surface area contributed by atoms with E-state index in [0.717, 1.165) is 56.0 Å². The van der Waals surface area contributed by atoms with E-state index in [1.54, 1.807) is 11.3 Å². The van der Waals surface area contributed by atoms with Gasteiger partial charge < -0.3 is 14.5 Å². The number of aromatic nitrogens is 1. The van der Waals surface area contributed by atoms with Crippen LogP contribution in [-0.2, 0) is 15.5 Å². The third kappa shape index (κ3) is 3.48. The Labute approximate surface area is 148 Å². The summed E-state index contributed by atoms with van der Waals surface area (Å²) in [7, 11) is -0.631. The fraction of sp³-hybridized carbons (Fsp3) is 0.471. The molecule has 0 aliphatic carbocycles. The predicted octanol–water partition coefficient (Wildman–Crippen LogP) is 2.22. The van der Waals surface area contributed by atoms with E-state index in [2.05, 4.69) is 39.0 Å². The minimum absolute atomic E-state index is 0.631. The van der Waals surface area contributed by atoms with E-state index in [4.69, 9.17) is 4.74 Å². The quantitative estimate of drug-likeness (QED) is 0.837. The smallest absolute Gasteiger partial charge is 0.186 e. The first-order chi connectivity index (χ1) is 11.8. The number of anilines is 2. The highest BCUT2D eigenvalue weighted by molar-refractivity contribution is 7.85. The highest BCUT2D eigenvalue weighted by Crippen LogP contribution is 2.32. The van der Waals surface area contributed by atoms with E-state index in [9.17, 15) is 4.21 Å². The van der Waals surface area contributed by atoms with Gasteiger partial charge in [0.05, 0.1) is 18.1 Å². The lowest BCUT2D eigenvalue weighted by Gasteiger charge is -2.28. The lowest BCUT2D eigenvalue weighted by Crippen LogP contribution is -2.37. The molecule has 2 aliphatic heterocycles. The van der Waals surface area contributed by atoms with Crippen molar-refractivity contribution in [1.82, 2.24) is 4.98 Å². The zero-order valence-electron chi connectivity index (χ0n) is 13.5. The average Bonchev–Trinajstić information content (AvgIpc) is 3.13. The SMILES string of the molecule is O=S1CCN(c2ccc(-c3cnc(N4CCOCC4)s3)cc2)CC1. The first kappa shape index (κ1) is 16.1. The Balaban J connectivity index is 1.46. The second kappa shape index (κ2) is 7.21. The zero-order chi connectivity index (χ0) is 16.4. The number of morpholine rings is 1. The number of hydrogen-bond acceptors (Lipinski definition) is 6. The molecule has 1 aromatic carbocycles. The van der Waals surface area contributed by atoms with Gasteiger partial charge in [-0.05, 0) is 17.7 Å². The molecule has 2 saturated heterocycles. The molecule has 128 valence electrons. The largest absolute Gasteiger partial charge is 0.378 e. The summed E-state index contributed by atoms with van der Waals surface area (Å²) in [5.41, 5.74) is 2.42. The summed E-state index contributed by atoms with van der Waals surface area (Å²) in [4.78, 5) is 10.4. The standard InChI is InChI=1S/C17H21N3O2S2/c21-24-11-7-19(8-12-24)15-3-1-14(2-4-15)16-13-18-17(23-16)20-5-9-22-10-6-20/h1-4,13H,5-12H2. The summed E-state index contributed by atoms with van der Waals surface area (Å²) in [6, 6.07) is 8.66. The Bertz CT molecular complexity index is 701. The van der Waals surface area contributed by atoms with Crippen molar-refractivity contribution in [1.29, 1.82) is 0 Å². The number of hydrogen-bond donors (Lipinski definition) is 0. The third-order valence-electron chi connectivity index (χ3n) is 4.47. The van der Waals surface area contributed by atoms with Gasteiger partial charge in [0, 0.05) is 60.4 Å². The van der Waals surface area contributed by atoms with Gasteiger partial charge in [0.1, 0.15) is 0 Å². The number of rotatable bonds is 3. The zero-order valence-corrected chi connectivity index (χ0v) is 15.2. The summed E-state index contributed by atoms with van der Waals surface area (Å²) in [5, 5.41) is 1.08. The molecule has 5 nitrogen and oxygen atoms in total. The van der Waals surface area contributed by atoms with Crippen LogP contribution in [0.5, 0.6) is 0 Å². The molecule has 3 heterocycles. The minimum Gasteiger partial charge on any atom is -0.378 e. The number of benzene rings is 1. The molecule has 0 saturated carbocycles.